The molecule has 0 aromatic carbocycles. The van der Waals surface area contributed by atoms with Gasteiger partial charge in [0.25, 0.3) is 0 Å². The lowest BCUT2D eigenvalue weighted by molar-refractivity contribution is 0.0678. The van der Waals surface area contributed by atoms with Gasteiger partial charge in [0, 0.05) is 31.6 Å². The zero-order chi connectivity index (χ0) is 13.0. The van der Waals surface area contributed by atoms with E-state index in [0.717, 1.165) is 12.8 Å². The minimum Gasteiger partial charge on any atom is -0.390 e. The monoisotopic (exact) mass is 274 g/mol. The summed E-state index contributed by atoms with van der Waals surface area (Å²) in [7, 11) is -3.48. The first-order chi connectivity index (χ1) is 8.62. The van der Waals surface area contributed by atoms with Gasteiger partial charge in [-0.05, 0) is 24.8 Å². The number of rotatable bonds is 5. The molecule has 1 aliphatic heterocycles. The average Bonchev–Trinajstić information content (AvgIpc) is 2.87. The Morgan fingerprint density at radius 3 is 2.78 bits per heavy atom. The first kappa shape index (κ1) is 13.5. The van der Waals surface area contributed by atoms with E-state index in [-0.39, 0.29) is 11.5 Å². The van der Waals surface area contributed by atoms with Gasteiger partial charge in [0.2, 0.25) is 10.0 Å². The highest BCUT2D eigenvalue weighted by molar-refractivity contribution is 7.89. The van der Waals surface area contributed by atoms with Crippen molar-refractivity contribution in [1.82, 2.24) is 9.71 Å². The molecule has 0 spiro atoms. The summed E-state index contributed by atoms with van der Waals surface area (Å²) in [5.74, 6) is 0.338. The first-order valence-electron chi connectivity index (χ1n) is 5.97. The Kier molecular flexibility index (Phi) is 4.39. The first-order valence-corrected chi connectivity index (χ1v) is 7.45. The Hall–Kier alpha value is -0.890. The Labute approximate surface area is 106 Å². The lowest BCUT2D eigenvalue weighted by Crippen LogP contribution is -2.32. The largest absolute Gasteiger partial charge is 0.390 e. The van der Waals surface area contributed by atoms with Crippen LogP contribution < -0.4 is 4.72 Å². The number of aromatic nitrogens is 1. The van der Waals surface area contributed by atoms with Crippen LogP contribution in [0.15, 0.2) is 17.2 Å². The lowest BCUT2D eigenvalue weighted by atomic mass is 10.0. The number of nitrogens with one attached hydrogen (secondary N) is 2. The third-order valence-corrected chi connectivity index (χ3v) is 4.50. The molecule has 2 rings (SSSR count). The summed E-state index contributed by atoms with van der Waals surface area (Å²) in [6, 6.07) is 1.44. The third kappa shape index (κ3) is 3.32. The molecule has 1 aromatic heterocycles. The highest BCUT2D eigenvalue weighted by Crippen LogP contribution is 2.15. The highest BCUT2D eigenvalue weighted by atomic mass is 32.2. The van der Waals surface area contributed by atoms with Crippen molar-refractivity contribution in [3.8, 4) is 0 Å². The summed E-state index contributed by atoms with van der Waals surface area (Å²) in [5, 5.41) is 8.89. The van der Waals surface area contributed by atoms with Crippen LogP contribution in [0.1, 0.15) is 18.5 Å². The van der Waals surface area contributed by atoms with Gasteiger partial charge >= 0.3 is 0 Å². The number of aliphatic hydroxyl groups is 1. The van der Waals surface area contributed by atoms with Crippen molar-refractivity contribution in [1.29, 1.82) is 0 Å². The van der Waals surface area contributed by atoms with E-state index in [1.54, 1.807) is 0 Å². The van der Waals surface area contributed by atoms with Gasteiger partial charge < -0.3 is 14.8 Å². The van der Waals surface area contributed by atoms with Crippen LogP contribution in [-0.2, 0) is 21.4 Å². The molecule has 2 heterocycles. The van der Waals surface area contributed by atoms with Crippen LogP contribution in [0.25, 0.3) is 0 Å². The molecule has 0 unspecified atom stereocenters. The van der Waals surface area contributed by atoms with Gasteiger partial charge in [0.15, 0.2) is 0 Å². The van der Waals surface area contributed by atoms with Crippen molar-refractivity contribution in [2.24, 2.45) is 5.92 Å². The van der Waals surface area contributed by atoms with Crippen molar-refractivity contribution in [3.05, 3.63) is 18.0 Å². The molecule has 0 saturated carbocycles. The zero-order valence-corrected chi connectivity index (χ0v) is 10.9. The van der Waals surface area contributed by atoms with Gasteiger partial charge in [0.05, 0.1) is 11.5 Å². The van der Waals surface area contributed by atoms with Gasteiger partial charge in [-0.15, -0.1) is 0 Å². The van der Waals surface area contributed by atoms with Crippen LogP contribution in [0.4, 0.5) is 0 Å². The molecule has 0 amide bonds. The summed E-state index contributed by atoms with van der Waals surface area (Å²) in [6.07, 6.45) is 3.16. The number of aliphatic hydroxyl groups excluding tert-OH is 1. The number of sulfonamides is 1. The van der Waals surface area contributed by atoms with Gasteiger partial charge in [-0.3, -0.25) is 0 Å². The fourth-order valence-corrected chi connectivity index (χ4v) is 3.06. The Morgan fingerprint density at radius 2 is 2.17 bits per heavy atom. The second kappa shape index (κ2) is 5.83. The number of ether oxygens (including phenoxy) is 1. The van der Waals surface area contributed by atoms with Crippen LogP contribution >= 0.6 is 0 Å². The maximum Gasteiger partial charge on any atom is 0.242 e. The molecule has 18 heavy (non-hydrogen) atoms. The van der Waals surface area contributed by atoms with Crippen LogP contribution in [-0.4, -0.2) is 38.3 Å². The molecule has 3 N–H and O–H groups in total. The van der Waals surface area contributed by atoms with E-state index in [9.17, 15) is 8.42 Å². The van der Waals surface area contributed by atoms with Crippen molar-refractivity contribution in [2.75, 3.05) is 19.8 Å². The van der Waals surface area contributed by atoms with Crippen molar-refractivity contribution in [3.63, 3.8) is 0 Å². The second-order valence-corrected chi connectivity index (χ2v) is 6.19. The number of H-pyrrole nitrogens is 1. The molecular formula is C11H18N2O4S. The Balaban J connectivity index is 1.94. The van der Waals surface area contributed by atoms with Crippen molar-refractivity contribution >= 4 is 10.0 Å². The summed E-state index contributed by atoms with van der Waals surface area (Å²) in [4.78, 5) is 2.88. The number of hydrogen-bond donors (Lipinski definition) is 3. The van der Waals surface area contributed by atoms with E-state index >= 15 is 0 Å². The van der Waals surface area contributed by atoms with Crippen LogP contribution in [0.5, 0.6) is 0 Å². The Bertz CT molecular complexity index is 477. The number of hydrogen-bond acceptors (Lipinski definition) is 4. The van der Waals surface area contributed by atoms with Crippen LogP contribution in [0.2, 0.25) is 0 Å². The summed E-state index contributed by atoms with van der Waals surface area (Å²) >= 11 is 0. The molecule has 1 fully saturated rings. The van der Waals surface area contributed by atoms with E-state index in [0.29, 0.717) is 31.4 Å². The summed E-state index contributed by atoms with van der Waals surface area (Å²) in [6.45, 7) is 1.64. The zero-order valence-electron chi connectivity index (χ0n) is 10.1. The molecule has 0 atom stereocenters. The van der Waals surface area contributed by atoms with E-state index in [1.807, 2.05) is 0 Å². The van der Waals surface area contributed by atoms with E-state index in [1.165, 1.54) is 12.3 Å². The molecule has 1 aromatic rings. The number of aromatic amines is 1. The quantitative estimate of drug-likeness (QED) is 0.716. The van der Waals surface area contributed by atoms with Gasteiger partial charge in [-0.2, -0.15) is 0 Å². The molecule has 7 heteroatoms. The van der Waals surface area contributed by atoms with Crippen LogP contribution in [0, 0.1) is 5.92 Å². The smallest absolute Gasteiger partial charge is 0.242 e. The fourth-order valence-electron chi connectivity index (χ4n) is 1.93. The van der Waals surface area contributed by atoms with E-state index in [2.05, 4.69) is 9.71 Å². The maximum absolute atomic E-state index is 12.0. The fraction of sp³-hybridized carbons (Fsp3) is 0.636. The normalized spacial score (nSPS) is 18.1. The molecule has 102 valence electrons. The third-order valence-electron chi connectivity index (χ3n) is 3.10. The molecule has 6 nitrogen and oxygen atoms in total. The Morgan fingerprint density at radius 1 is 1.44 bits per heavy atom. The highest BCUT2D eigenvalue weighted by Gasteiger charge is 2.19. The van der Waals surface area contributed by atoms with Gasteiger partial charge in [-0.1, -0.05) is 0 Å². The maximum atomic E-state index is 12.0. The molecule has 1 aliphatic rings. The minimum absolute atomic E-state index is 0.165. The topological polar surface area (TPSA) is 91.4 Å². The molecule has 0 bridgehead atoms. The van der Waals surface area contributed by atoms with Gasteiger partial charge in [-0.25, -0.2) is 13.1 Å². The lowest BCUT2D eigenvalue weighted by Gasteiger charge is -2.21. The van der Waals surface area contributed by atoms with E-state index < -0.39 is 10.0 Å². The molecule has 0 aliphatic carbocycles. The standard InChI is InChI=1S/C11H18N2O4S/c14-8-10-5-11(7-12-10)18(15,16)13-6-9-1-3-17-4-2-9/h5,7,9,12-14H,1-4,6,8H2. The van der Waals surface area contributed by atoms with Gasteiger partial charge in [0.1, 0.15) is 0 Å². The summed E-state index contributed by atoms with van der Waals surface area (Å²) in [5.41, 5.74) is 0.487. The van der Waals surface area contributed by atoms with Crippen LogP contribution in [0.3, 0.4) is 0 Å². The van der Waals surface area contributed by atoms with E-state index in [4.69, 9.17) is 9.84 Å². The second-order valence-electron chi connectivity index (χ2n) is 4.43. The average molecular weight is 274 g/mol. The predicted molar refractivity (Wildman–Crippen MR) is 65.4 cm³/mol. The minimum atomic E-state index is -3.48. The molecule has 0 radical (unpaired) electrons. The predicted octanol–water partition coefficient (Wildman–Crippen LogP) is 0.212. The van der Waals surface area contributed by atoms with Crippen molar-refractivity contribution < 1.29 is 18.3 Å². The summed E-state index contributed by atoms with van der Waals surface area (Å²) < 4.78 is 31.7. The molecular weight excluding hydrogens is 256 g/mol. The van der Waals surface area contributed by atoms with Crippen molar-refractivity contribution in [2.45, 2.75) is 24.3 Å². The molecule has 1 saturated heterocycles. The SMILES string of the molecule is O=S(=O)(NCC1CCOCC1)c1c[nH]c(CO)c1.